The normalized spacial score (nSPS) is 16.4. The first-order valence-electron chi connectivity index (χ1n) is 14.6. The number of thiazole rings is 1. The minimum absolute atomic E-state index is 0.112. The van der Waals surface area contributed by atoms with Crippen LogP contribution in [-0.4, -0.2) is 75.7 Å². The molecular formula is C28H32F2N6O10P2S. The van der Waals surface area contributed by atoms with Crippen molar-refractivity contribution < 1.29 is 55.3 Å². The Morgan fingerprint density at radius 3 is 2.71 bits per heavy atom. The smallest absolute Gasteiger partial charge is 0.485 e. The summed E-state index contributed by atoms with van der Waals surface area (Å²) in [6.07, 6.45) is 3.68. The van der Waals surface area contributed by atoms with E-state index >= 15 is 0 Å². The maximum absolute atomic E-state index is 13.9. The highest BCUT2D eigenvalue weighted by atomic mass is 32.1. The van der Waals surface area contributed by atoms with Gasteiger partial charge in [-0.2, -0.15) is 4.31 Å². The zero-order valence-corrected chi connectivity index (χ0v) is 28.7. The third-order valence-electron chi connectivity index (χ3n) is 7.09. The molecule has 1 fully saturated rings. The van der Waals surface area contributed by atoms with E-state index in [-0.39, 0.29) is 18.7 Å². The number of ether oxygens (including phenoxy) is 2. The fourth-order valence-electron chi connectivity index (χ4n) is 4.93. The molecule has 49 heavy (non-hydrogen) atoms. The summed E-state index contributed by atoms with van der Waals surface area (Å²) in [7, 11) is -7.14. The number of amides is 1. The summed E-state index contributed by atoms with van der Waals surface area (Å²) in [4.78, 5) is 45.9. The highest BCUT2D eigenvalue weighted by molar-refractivity contribution is 7.61. The van der Waals surface area contributed by atoms with Crippen LogP contribution in [0.1, 0.15) is 24.1 Å². The Kier molecular flexibility index (Phi) is 11.9. The molecule has 4 N–H and O–H groups in total. The number of nitrogens with one attached hydrogen (secondary N) is 2. The molecule has 2 atom stereocenters. The number of benzene rings is 2. The topological polar surface area (TPSA) is 204 Å². The number of phosphoric acid groups is 2. The Morgan fingerprint density at radius 1 is 1.14 bits per heavy atom. The number of likely N-dealkylation sites (tertiary alicyclic amines) is 1. The maximum Gasteiger partial charge on any atom is 0.485 e. The number of fused-ring (bicyclic) bond motifs is 1. The van der Waals surface area contributed by atoms with E-state index in [9.17, 15) is 22.7 Å². The van der Waals surface area contributed by atoms with Crippen LogP contribution < -0.4 is 20.1 Å². The van der Waals surface area contributed by atoms with Gasteiger partial charge >= 0.3 is 15.6 Å². The minimum atomic E-state index is -5.11. The number of carbonyl (C=O) groups excluding carboxylic acids is 1. The molecule has 0 radical (unpaired) electrons. The second kappa shape index (κ2) is 15.9. The van der Waals surface area contributed by atoms with E-state index in [1.54, 1.807) is 12.1 Å². The Balaban J connectivity index is 1.18. The fraction of sp³-hybridized carbons (Fsp3) is 0.357. The van der Waals surface area contributed by atoms with Gasteiger partial charge in [0.2, 0.25) is 5.91 Å². The van der Waals surface area contributed by atoms with Crippen molar-refractivity contribution in [2.24, 2.45) is 0 Å². The summed E-state index contributed by atoms with van der Waals surface area (Å²) in [5, 5.41) is 6.50. The van der Waals surface area contributed by atoms with Crippen molar-refractivity contribution in [3.05, 3.63) is 59.4 Å². The molecular weight excluding hydrogens is 712 g/mol. The quantitative estimate of drug-likeness (QED) is 0.0841. The standard InChI is InChI=1S/C28H32F2N6O10P2S/c1-42-22-13-18-21(14-23(22)44-11-5-10-36-9-4-8-25(36)45-48(41,43-2)46-47(38,39)40)32-16-33-27(18)35-28-31-15-17(49-28)12-24(37)34-20-7-3-6-19(29)26(20)30/h3,6-7,13-16,25H,4-5,8-12H2,1-2H3,(H,34,37)(H2,38,39,40)(H,31,32,33,35)/t25-,48?/m0/s1. The van der Waals surface area contributed by atoms with Gasteiger partial charge in [-0.1, -0.05) is 6.07 Å². The molecule has 1 aliphatic rings. The van der Waals surface area contributed by atoms with Crippen molar-refractivity contribution in [2.75, 3.05) is 44.5 Å². The van der Waals surface area contributed by atoms with Gasteiger partial charge in [0, 0.05) is 42.7 Å². The zero-order valence-electron chi connectivity index (χ0n) is 26.1. The number of carbonyl (C=O) groups is 1. The number of hydrogen-bond donors (Lipinski definition) is 4. The lowest BCUT2D eigenvalue weighted by Crippen LogP contribution is -2.32. The molecule has 0 bridgehead atoms. The van der Waals surface area contributed by atoms with Crippen molar-refractivity contribution in [3.63, 3.8) is 0 Å². The van der Waals surface area contributed by atoms with E-state index < -0.39 is 39.4 Å². The molecule has 1 amide bonds. The largest absolute Gasteiger partial charge is 0.493 e. The average molecular weight is 745 g/mol. The van der Waals surface area contributed by atoms with E-state index in [1.165, 1.54) is 43.1 Å². The monoisotopic (exact) mass is 744 g/mol. The summed E-state index contributed by atoms with van der Waals surface area (Å²) in [6, 6.07) is 6.92. The van der Waals surface area contributed by atoms with E-state index in [0.29, 0.717) is 70.6 Å². The number of methoxy groups -OCH3 is 1. The lowest BCUT2D eigenvalue weighted by Gasteiger charge is -2.27. The molecule has 5 rings (SSSR count). The summed E-state index contributed by atoms with van der Waals surface area (Å²) in [5.74, 6) is -1.50. The van der Waals surface area contributed by atoms with Crippen LogP contribution in [0.5, 0.6) is 11.5 Å². The summed E-state index contributed by atoms with van der Waals surface area (Å²) in [6.45, 7) is 1.30. The van der Waals surface area contributed by atoms with Crippen LogP contribution in [0.4, 0.5) is 25.4 Å². The molecule has 264 valence electrons. The molecule has 2 aromatic carbocycles. The molecule has 21 heteroatoms. The van der Waals surface area contributed by atoms with Gasteiger partial charge in [0.05, 0.1) is 31.3 Å². The zero-order chi connectivity index (χ0) is 35.2. The minimum Gasteiger partial charge on any atom is -0.493 e. The lowest BCUT2D eigenvalue weighted by atomic mass is 10.2. The predicted octanol–water partition coefficient (Wildman–Crippen LogP) is 5.37. The van der Waals surface area contributed by atoms with Crippen molar-refractivity contribution in [2.45, 2.75) is 31.9 Å². The second-order valence-electron chi connectivity index (χ2n) is 10.5. The van der Waals surface area contributed by atoms with E-state index in [1.807, 2.05) is 4.90 Å². The van der Waals surface area contributed by atoms with Gasteiger partial charge in [0.1, 0.15) is 18.4 Å². The molecule has 4 aromatic rings. The number of hydrogen-bond acceptors (Lipinski definition) is 14. The average Bonchev–Trinajstić information content (AvgIpc) is 3.68. The highest BCUT2D eigenvalue weighted by Crippen LogP contribution is 2.61. The maximum atomic E-state index is 13.9. The first kappa shape index (κ1) is 36.6. The van der Waals surface area contributed by atoms with Gasteiger partial charge in [-0.3, -0.25) is 18.7 Å². The van der Waals surface area contributed by atoms with Gasteiger partial charge in [0.25, 0.3) is 0 Å². The first-order chi connectivity index (χ1) is 23.4. The molecule has 1 aliphatic heterocycles. The number of rotatable bonds is 16. The Bertz CT molecular complexity index is 1900. The van der Waals surface area contributed by atoms with Gasteiger partial charge in [-0.15, -0.1) is 11.3 Å². The SMILES string of the molecule is COc1cc2c(Nc3ncc(CC(=O)Nc4cccc(F)c4F)s3)ncnc2cc1OCCCN1CCC[C@@H]1OP(=O)(OC)OP(=O)(O)O. The fourth-order valence-corrected chi connectivity index (χ4v) is 7.83. The highest BCUT2D eigenvalue weighted by Gasteiger charge is 2.40. The predicted molar refractivity (Wildman–Crippen MR) is 174 cm³/mol. The van der Waals surface area contributed by atoms with Gasteiger partial charge < -0.3 is 29.9 Å². The van der Waals surface area contributed by atoms with Crippen molar-refractivity contribution in [1.29, 1.82) is 0 Å². The van der Waals surface area contributed by atoms with Crippen LogP contribution in [0.3, 0.4) is 0 Å². The number of nitrogens with zero attached hydrogens (tertiary/aromatic N) is 4. The Labute approximate surface area is 282 Å². The van der Waals surface area contributed by atoms with Crippen LogP contribution in [0.2, 0.25) is 0 Å². The molecule has 3 heterocycles. The van der Waals surface area contributed by atoms with Crippen molar-refractivity contribution >= 4 is 60.4 Å². The van der Waals surface area contributed by atoms with Gasteiger partial charge in [0.15, 0.2) is 28.3 Å². The summed E-state index contributed by atoms with van der Waals surface area (Å²) >= 11 is 1.18. The third kappa shape index (κ3) is 9.75. The molecule has 1 saturated heterocycles. The Hall–Kier alpha value is -3.64. The second-order valence-corrected chi connectivity index (χ2v) is 14.7. The van der Waals surface area contributed by atoms with Crippen LogP contribution in [-0.2, 0) is 33.7 Å². The van der Waals surface area contributed by atoms with Crippen molar-refractivity contribution in [1.82, 2.24) is 19.9 Å². The summed E-state index contributed by atoms with van der Waals surface area (Å²) in [5.41, 5.74) is 0.284. The molecule has 0 aliphatic carbocycles. The summed E-state index contributed by atoms with van der Waals surface area (Å²) < 4.78 is 77.0. The number of phosphoric ester groups is 1. The lowest BCUT2D eigenvalue weighted by molar-refractivity contribution is -0.115. The van der Waals surface area contributed by atoms with Gasteiger partial charge in [-0.05, 0) is 37.5 Å². The molecule has 1 unspecified atom stereocenters. The van der Waals surface area contributed by atoms with Crippen molar-refractivity contribution in [3.8, 4) is 11.5 Å². The van der Waals surface area contributed by atoms with Gasteiger partial charge in [-0.25, -0.2) is 32.9 Å². The molecule has 0 spiro atoms. The van der Waals surface area contributed by atoms with E-state index in [4.69, 9.17) is 23.8 Å². The van der Waals surface area contributed by atoms with Crippen LogP contribution in [0.15, 0.2) is 42.9 Å². The third-order valence-corrected chi connectivity index (χ3v) is 10.6. The molecule has 16 nitrogen and oxygen atoms in total. The first-order valence-corrected chi connectivity index (χ1v) is 18.4. The van der Waals surface area contributed by atoms with Crippen LogP contribution in [0.25, 0.3) is 10.9 Å². The van der Waals surface area contributed by atoms with Crippen LogP contribution >= 0.6 is 27.0 Å². The van der Waals surface area contributed by atoms with E-state index in [0.717, 1.165) is 13.2 Å². The molecule has 0 saturated carbocycles. The number of aromatic nitrogens is 3. The number of halogens is 2. The van der Waals surface area contributed by atoms with Crippen LogP contribution in [0, 0.1) is 11.6 Å². The van der Waals surface area contributed by atoms with E-state index in [2.05, 4.69) is 34.4 Å². The Morgan fingerprint density at radius 2 is 1.96 bits per heavy atom. The number of anilines is 3. The molecule has 2 aromatic heterocycles.